The van der Waals surface area contributed by atoms with Crippen LogP contribution < -0.4 is 4.90 Å². The van der Waals surface area contributed by atoms with Gasteiger partial charge in [-0.05, 0) is 12.1 Å². The Bertz CT molecular complexity index is 926. The van der Waals surface area contributed by atoms with Gasteiger partial charge in [0.2, 0.25) is 0 Å². The molecule has 27 heavy (non-hydrogen) atoms. The average Bonchev–Trinajstić information content (AvgIpc) is 3.21. The van der Waals surface area contributed by atoms with E-state index in [2.05, 4.69) is 16.5 Å². The number of carbonyl (C=O) groups excluding carboxylic acids is 2. The van der Waals surface area contributed by atoms with Gasteiger partial charge in [0.05, 0.1) is 11.3 Å². The molecule has 0 radical (unpaired) electrons. The van der Waals surface area contributed by atoms with Crippen LogP contribution in [0.5, 0.6) is 0 Å². The van der Waals surface area contributed by atoms with Crippen molar-refractivity contribution in [3.63, 3.8) is 0 Å². The summed E-state index contributed by atoms with van der Waals surface area (Å²) in [5, 5.41) is 2.41. The van der Waals surface area contributed by atoms with Gasteiger partial charge in [0.25, 0.3) is 5.91 Å². The molecule has 0 fully saturated rings. The SMILES string of the molecule is C=CCN(C(=O)COC(=O)c1ccncc1)c1nc(-c2ccccc2)cs1. The van der Waals surface area contributed by atoms with E-state index in [0.29, 0.717) is 10.7 Å². The maximum atomic E-state index is 12.6. The zero-order valence-electron chi connectivity index (χ0n) is 14.4. The summed E-state index contributed by atoms with van der Waals surface area (Å²) >= 11 is 1.35. The molecule has 0 aliphatic rings. The second-order valence-electron chi connectivity index (χ2n) is 5.49. The zero-order valence-corrected chi connectivity index (χ0v) is 15.3. The molecule has 0 atom stereocenters. The second-order valence-corrected chi connectivity index (χ2v) is 6.32. The molecule has 3 aromatic rings. The van der Waals surface area contributed by atoms with E-state index in [9.17, 15) is 9.59 Å². The molecule has 0 bridgehead atoms. The normalized spacial score (nSPS) is 10.2. The van der Waals surface area contributed by atoms with Crippen molar-refractivity contribution in [2.75, 3.05) is 18.1 Å². The molecule has 0 aliphatic heterocycles. The highest BCUT2D eigenvalue weighted by Crippen LogP contribution is 2.27. The van der Waals surface area contributed by atoms with Crippen molar-refractivity contribution in [1.82, 2.24) is 9.97 Å². The van der Waals surface area contributed by atoms with Crippen molar-refractivity contribution in [2.45, 2.75) is 0 Å². The van der Waals surface area contributed by atoms with E-state index in [1.165, 1.54) is 40.8 Å². The van der Waals surface area contributed by atoms with E-state index in [1.54, 1.807) is 6.08 Å². The van der Waals surface area contributed by atoms with Crippen molar-refractivity contribution >= 4 is 28.3 Å². The minimum Gasteiger partial charge on any atom is -0.452 e. The van der Waals surface area contributed by atoms with Crippen LogP contribution >= 0.6 is 11.3 Å². The van der Waals surface area contributed by atoms with E-state index >= 15 is 0 Å². The quantitative estimate of drug-likeness (QED) is 0.463. The first-order chi connectivity index (χ1) is 13.2. The van der Waals surface area contributed by atoms with Gasteiger partial charge in [0.15, 0.2) is 11.7 Å². The van der Waals surface area contributed by atoms with Crippen molar-refractivity contribution in [1.29, 1.82) is 0 Å². The van der Waals surface area contributed by atoms with Gasteiger partial charge in [-0.25, -0.2) is 9.78 Å². The Hall–Kier alpha value is -3.32. The molecule has 0 saturated carbocycles. The number of carbonyl (C=O) groups is 2. The lowest BCUT2D eigenvalue weighted by Crippen LogP contribution is -2.34. The molecule has 0 aliphatic carbocycles. The Morgan fingerprint density at radius 2 is 1.89 bits per heavy atom. The van der Waals surface area contributed by atoms with Crippen LogP contribution in [0.1, 0.15) is 10.4 Å². The lowest BCUT2D eigenvalue weighted by atomic mass is 10.2. The van der Waals surface area contributed by atoms with Crippen molar-refractivity contribution < 1.29 is 14.3 Å². The number of anilines is 1. The fourth-order valence-corrected chi connectivity index (χ4v) is 3.18. The molecule has 6 nitrogen and oxygen atoms in total. The van der Waals surface area contributed by atoms with Crippen LogP contribution in [0.25, 0.3) is 11.3 Å². The van der Waals surface area contributed by atoms with Crippen LogP contribution in [-0.4, -0.2) is 35.0 Å². The molecule has 0 saturated heterocycles. The molecular weight excluding hydrogens is 362 g/mol. The smallest absolute Gasteiger partial charge is 0.338 e. The van der Waals surface area contributed by atoms with Gasteiger partial charge in [-0.15, -0.1) is 17.9 Å². The highest BCUT2D eigenvalue weighted by Gasteiger charge is 2.20. The van der Waals surface area contributed by atoms with Crippen LogP contribution in [0.15, 0.2) is 72.9 Å². The summed E-state index contributed by atoms with van der Waals surface area (Å²) < 4.78 is 5.11. The Labute approximate surface area is 160 Å². The fraction of sp³-hybridized carbons (Fsp3) is 0.100. The molecule has 0 unspecified atom stereocenters. The van der Waals surface area contributed by atoms with Gasteiger partial charge in [0, 0.05) is 29.9 Å². The highest BCUT2D eigenvalue weighted by molar-refractivity contribution is 7.14. The molecule has 1 aromatic carbocycles. The standard InChI is InChI=1S/C20H17N3O3S/c1-2-12-23(18(24)13-26-19(25)16-8-10-21-11-9-16)20-22-17(14-27-20)15-6-4-3-5-7-15/h2-11,14H,1,12-13H2. The summed E-state index contributed by atoms with van der Waals surface area (Å²) in [6.45, 7) is 3.58. The molecule has 3 rings (SSSR count). The van der Waals surface area contributed by atoms with Crippen molar-refractivity contribution in [3.8, 4) is 11.3 Å². The Morgan fingerprint density at radius 1 is 1.15 bits per heavy atom. The van der Waals surface area contributed by atoms with Gasteiger partial charge < -0.3 is 4.74 Å². The number of pyridine rings is 1. The molecule has 2 heterocycles. The Morgan fingerprint density at radius 3 is 2.59 bits per heavy atom. The number of thiazole rings is 1. The van der Waals surface area contributed by atoms with Gasteiger partial charge in [-0.2, -0.15) is 0 Å². The Balaban J connectivity index is 1.70. The van der Waals surface area contributed by atoms with Gasteiger partial charge in [0.1, 0.15) is 0 Å². The van der Waals surface area contributed by atoms with E-state index in [4.69, 9.17) is 4.74 Å². The first kappa shape index (κ1) is 18.5. The summed E-state index contributed by atoms with van der Waals surface area (Å²) in [6.07, 6.45) is 4.58. The predicted octanol–water partition coefficient (Wildman–Crippen LogP) is 3.58. The molecule has 7 heteroatoms. The maximum Gasteiger partial charge on any atom is 0.338 e. The van der Waals surface area contributed by atoms with Crippen LogP contribution in [-0.2, 0) is 9.53 Å². The lowest BCUT2D eigenvalue weighted by molar-refractivity contribution is -0.121. The topological polar surface area (TPSA) is 72.4 Å². The zero-order chi connectivity index (χ0) is 19.1. The number of hydrogen-bond donors (Lipinski definition) is 0. The number of esters is 1. The highest BCUT2D eigenvalue weighted by atomic mass is 32.1. The van der Waals surface area contributed by atoms with Gasteiger partial charge >= 0.3 is 5.97 Å². The van der Waals surface area contributed by atoms with Crippen LogP contribution in [0, 0.1) is 0 Å². The van der Waals surface area contributed by atoms with E-state index in [0.717, 1.165) is 11.3 Å². The van der Waals surface area contributed by atoms with Crippen LogP contribution in [0.4, 0.5) is 5.13 Å². The first-order valence-corrected chi connectivity index (χ1v) is 9.06. The van der Waals surface area contributed by atoms with Gasteiger partial charge in [-0.3, -0.25) is 14.7 Å². The maximum absolute atomic E-state index is 12.6. The van der Waals surface area contributed by atoms with Crippen LogP contribution in [0.2, 0.25) is 0 Å². The second kappa shape index (κ2) is 8.86. The number of amides is 1. The monoisotopic (exact) mass is 379 g/mol. The summed E-state index contributed by atoms with van der Waals surface area (Å²) in [7, 11) is 0. The van der Waals surface area contributed by atoms with E-state index in [1.807, 2.05) is 35.7 Å². The number of benzene rings is 1. The number of nitrogens with zero attached hydrogens (tertiary/aromatic N) is 3. The molecule has 136 valence electrons. The predicted molar refractivity (Wildman–Crippen MR) is 105 cm³/mol. The number of aromatic nitrogens is 2. The summed E-state index contributed by atoms with van der Waals surface area (Å²) in [5.74, 6) is -0.945. The third-order valence-electron chi connectivity index (χ3n) is 3.65. The fourth-order valence-electron chi connectivity index (χ4n) is 2.32. The average molecular weight is 379 g/mol. The summed E-state index contributed by atoms with van der Waals surface area (Å²) in [5.41, 5.74) is 2.09. The number of rotatable bonds is 7. The molecule has 0 spiro atoms. The van der Waals surface area contributed by atoms with Crippen molar-refractivity contribution in [2.24, 2.45) is 0 Å². The lowest BCUT2D eigenvalue weighted by Gasteiger charge is -2.17. The third-order valence-corrected chi connectivity index (χ3v) is 4.51. The number of ether oxygens (including phenoxy) is 1. The molecule has 2 aromatic heterocycles. The van der Waals surface area contributed by atoms with Gasteiger partial charge in [-0.1, -0.05) is 36.4 Å². The Kier molecular flexibility index (Phi) is 6.06. The number of hydrogen-bond acceptors (Lipinski definition) is 6. The van der Waals surface area contributed by atoms with Crippen LogP contribution in [0.3, 0.4) is 0 Å². The van der Waals surface area contributed by atoms with Crippen molar-refractivity contribution in [3.05, 3.63) is 78.5 Å². The molecule has 1 amide bonds. The molecule has 0 N–H and O–H groups in total. The third kappa shape index (κ3) is 4.65. The van der Waals surface area contributed by atoms with E-state index in [-0.39, 0.29) is 19.1 Å². The minimum absolute atomic E-state index is 0.271. The summed E-state index contributed by atoms with van der Waals surface area (Å²) in [6, 6.07) is 12.8. The largest absolute Gasteiger partial charge is 0.452 e. The summed E-state index contributed by atoms with van der Waals surface area (Å²) in [4.78, 5) is 34.4. The molecular formula is C20H17N3O3S. The minimum atomic E-state index is -0.576. The van der Waals surface area contributed by atoms with E-state index < -0.39 is 5.97 Å². The first-order valence-electron chi connectivity index (χ1n) is 8.18.